The number of nitrogens with one attached hydrogen (secondary N) is 1. The van der Waals surface area contributed by atoms with Gasteiger partial charge in [0.25, 0.3) is 5.91 Å². The fourth-order valence-electron chi connectivity index (χ4n) is 4.06. The van der Waals surface area contributed by atoms with Gasteiger partial charge in [-0.05, 0) is 49.6 Å². The number of carbonyl (C=O) groups is 2. The Kier molecular flexibility index (Phi) is 5.88. The Morgan fingerprint density at radius 3 is 2.50 bits per heavy atom. The molecule has 0 saturated carbocycles. The van der Waals surface area contributed by atoms with Crippen LogP contribution in [0.5, 0.6) is 5.75 Å². The molecular weight excluding hydrogens is 408 g/mol. The predicted octanol–water partition coefficient (Wildman–Crippen LogP) is 3.02. The van der Waals surface area contributed by atoms with Crippen LogP contribution in [0.3, 0.4) is 0 Å². The van der Waals surface area contributed by atoms with Crippen molar-refractivity contribution in [2.45, 2.75) is 39.0 Å². The summed E-state index contributed by atoms with van der Waals surface area (Å²) in [7, 11) is 1.62. The van der Waals surface area contributed by atoms with Gasteiger partial charge in [0.15, 0.2) is 0 Å². The molecule has 8 heteroatoms. The number of ether oxygens (including phenoxy) is 1. The van der Waals surface area contributed by atoms with Crippen molar-refractivity contribution in [1.29, 1.82) is 0 Å². The van der Waals surface area contributed by atoms with E-state index in [9.17, 15) is 14.7 Å². The molecule has 0 atom stereocenters. The Morgan fingerprint density at radius 2 is 1.88 bits per heavy atom. The highest BCUT2D eigenvalue weighted by Crippen LogP contribution is 2.30. The molecule has 168 valence electrons. The number of hydrogen-bond acceptors (Lipinski definition) is 5. The number of methoxy groups -OCH3 is 1. The second kappa shape index (κ2) is 8.63. The van der Waals surface area contributed by atoms with E-state index in [4.69, 9.17) is 4.74 Å². The van der Waals surface area contributed by atoms with E-state index in [1.807, 2.05) is 30.3 Å². The van der Waals surface area contributed by atoms with Crippen molar-refractivity contribution in [2.75, 3.05) is 25.5 Å². The zero-order valence-corrected chi connectivity index (χ0v) is 18.6. The zero-order chi connectivity index (χ0) is 22.9. The van der Waals surface area contributed by atoms with Gasteiger partial charge in [-0.3, -0.25) is 9.78 Å². The Labute approximate surface area is 187 Å². The quantitative estimate of drug-likeness (QED) is 0.768. The number of nitrogens with zero attached hydrogens (tertiary/aromatic N) is 3. The normalized spacial score (nSPS) is 15.8. The molecule has 1 aromatic heterocycles. The number of pyridine rings is 1. The third-order valence-electron chi connectivity index (χ3n) is 5.83. The van der Waals surface area contributed by atoms with E-state index in [-0.39, 0.29) is 11.9 Å². The molecule has 2 aliphatic heterocycles. The van der Waals surface area contributed by atoms with Gasteiger partial charge in [0.1, 0.15) is 11.4 Å². The van der Waals surface area contributed by atoms with Crippen LogP contribution < -0.4 is 10.1 Å². The average molecular weight is 437 g/mol. The highest BCUT2D eigenvalue weighted by Gasteiger charge is 2.30. The first kappa shape index (κ1) is 21.8. The molecule has 0 radical (unpaired) electrons. The number of carbonyl (C=O) groups excluding carboxylic acids is 2. The summed E-state index contributed by atoms with van der Waals surface area (Å²) >= 11 is 0. The van der Waals surface area contributed by atoms with Crippen molar-refractivity contribution >= 4 is 23.2 Å². The van der Waals surface area contributed by atoms with Crippen molar-refractivity contribution in [1.82, 2.24) is 14.8 Å². The molecule has 8 nitrogen and oxygen atoms in total. The smallest absolute Gasteiger partial charge is 0.322 e. The highest BCUT2D eigenvalue weighted by molar-refractivity contribution is 5.90. The molecule has 0 spiro atoms. The van der Waals surface area contributed by atoms with Crippen LogP contribution in [0.15, 0.2) is 42.6 Å². The largest absolute Gasteiger partial charge is 0.496 e. The second-order valence-electron chi connectivity index (χ2n) is 8.59. The van der Waals surface area contributed by atoms with Gasteiger partial charge in [-0.1, -0.05) is 18.2 Å². The predicted molar refractivity (Wildman–Crippen MR) is 121 cm³/mol. The lowest BCUT2D eigenvalue weighted by Crippen LogP contribution is -2.46. The third kappa shape index (κ3) is 4.45. The molecule has 0 fully saturated rings. The number of benzene rings is 1. The van der Waals surface area contributed by atoms with Crippen LogP contribution >= 0.6 is 0 Å². The molecule has 32 heavy (non-hydrogen) atoms. The first-order valence-corrected chi connectivity index (χ1v) is 10.6. The van der Waals surface area contributed by atoms with E-state index in [1.165, 1.54) is 13.8 Å². The van der Waals surface area contributed by atoms with Gasteiger partial charge in [0.2, 0.25) is 0 Å². The number of amides is 3. The van der Waals surface area contributed by atoms with E-state index in [1.54, 1.807) is 29.2 Å². The number of rotatable bonds is 4. The first-order valence-electron chi connectivity index (χ1n) is 10.6. The number of aliphatic hydroxyl groups is 1. The molecule has 3 amide bonds. The van der Waals surface area contributed by atoms with Gasteiger partial charge in [0.05, 0.1) is 25.9 Å². The Hall–Kier alpha value is -3.39. The molecule has 1 aromatic carbocycles. The summed E-state index contributed by atoms with van der Waals surface area (Å²) in [5.41, 5.74) is 3.36. The molecule has 4 rings (SSSR count). The third-order valence-corrected chi connectivity index (χ3v) is 5.83. The van der Waals surface area contributed by atoms with E-state index in [0.717, 1.165) is 28.1 Å². The Morgan fingerprint density at radius 1 is 1.12 bits per heavy atom. The first-order chi connectivity index (χ1) is 15.3. The fraction of sp³-hybridized carbons (Fsp3) is 0.375. The summed E-state index contributed by atoms with van der Waals surface area (Å²) in [5.74, 6) is 0.487. The number of urea groups is 1. The minimum atomic E-state index is -1.36. The maximum absolute atomic E-state index is 12.7. The Bertz CT molecular complexity index is 1060. The standard InChI is InChI=1S/C24H28N4O4/c1-24(2,31)22(29)27-12-9-17(10-13-27)16-4-6-18(7-5-16)26-23(30)28-14-19-20(15-28)25-11-8-21(19)32-3/h4-9,11,31H,10,12-15H2,1-3H3,(H,26,30). The van der Waals surface area contributed by atoms with Gasteiger partial charge in [-0.15, -0.1) is 0 Å². The maximum Gasteiger partial charge on any atom is 0.322 e. The molecular formula is C24H28N4O4. The van der Waals surface area contributed by atoms with Crippen LogP contribution in [0.1, 0.15) is 37.1 Å². The molecule has 2 N–H and O–H groups in total. The fourth-order valence-corrected chi connectivity index (χ4v) is 4.06. The summed E-state index contributed by atoms with van der Waals surface area (Å²) in [5, 5.41) is 12.9. The SMILES string of the molecule is COc1ccnc2c1CN(C(=O)Nc1ccc(C3=CCN(C(=O)C(C)(C)O)CC3)cc1)C2. The van der Waals surface area contributed by atoms with Crippen LogP contribution in [-0.2, 0) is 17.9 Å². The minimum Gasteiger partial charge on any atom is -0.496 e. The lowest BCUT2D eigenvalue weighted by molar-refractivity contribution is -0.147. The van der Waals surface area contributed by atoms with E-state index < -0.39 is 5.60 Å². The van der Waals surface area contributed by atoms with Crippen LogP contribution in [0.4, 0.5) is 10.5 Å². The monoisotopic (exact) mass is 436 g/mol. The van der Waals surface area contributed by atoms with Crippen molar-refractivity contribution in [3.63, 3.8) is 0 Å². The lowest BCUT2D eigenvalue weighted by atomic mass is 9.98. The average Bonchev–Trinajstić information content (AvgIpc) is 3.23. The molecule has 2 aromatic rings. The number of anilines is 1. The number of hydrogen-bond donors (Lipinski definition) is 2. The maximum atomic E-state index is 12.7. The topological polar surface area (TPSA) is 95.0 Å². The van der Waals surface area contributed by atoms with Gasteiger partial charge in [-0.25, -0.2) is 4.79 Å². The van der Waals surface area contributed by atoms with Crippen LogP contribution in [0.2, 0.25) is 0 Å². The van der Waals surface area contributed by atoms with Crippen molar-refractivity contribution in [3.8, 4) is 5.75 Å². The van der Waals surface area contributed by atoms with Crippen molar-refractivity contribution in [3.05, 3.63) is 59.4 Å². The van der Waals surface area contributed by atoms with Gasteiger partial charge >= 0.3 is 6.03 Å². The van der Waals surface area contributed by atoms with E-state index >= 15 is 0 Å². The van der Waals surface area contributed by atoms with Gasteiger partial charge in [0, 0.05) is 30.5 Å². The van der Waals surface area contributed by atoms with Crippen LogP contribution in [-0.4, -0.2) is 57.6 Å². The van der Waals surface area contributed by atoms with Crippen molar-refractivity contribution < 1.29 is 19.4 Å². The summed E-state index contributed by atoms with van der Waals surface area (Å²) in [6, 6.07) is 9.32. The van der Waals surface area contributed by atoms with Gasteiger partial charge < -0.3 is 25.0 Å². The van der Waals surface area contributed by atoms with E-state index in [0.29, 0.717) is 38.3 Å². The molecule has 0 saturated heterocycles. The molecule has 2 aliphatic rings. The summed E-state index contributed by atoms with van der Waals surface area (Å²) in [6.45, 7) is 4.97. The molecule has 0 bridgehead atoms. The summed E-state index contributed by atoms with van der Waals surface area (Å²) in [6.07, 6.45) is 4.43. The lowest BCUT2D eigenvalue weighted by Gasteiger charge is -2.31. The zero-order valence-electron chi connectivity index (χ0n) is 18.6. The summed E-state index contributed by atoms with van der Waals surface area (Å²) < 4.78 is 5.37. The van der Waals surface area contributed by atoms with Crippen LogP contribution in [0, 0.1) is 0 Å². The minimum absolute atomic E-state index is 0.185. The molecule has 3 heterocycles. The molecule has 0 unspecified atom stereocenters. The van der Waals surface area contributed by atoms with E-state index in [2.05, 4.69) is 10.3 Å². The number of fused-ring (bicyclic) bond motifs is 1. The summed E-state index contributed by atoms with van der Waals surface area (Å²) in [4.78, 5) is 32.7. The molecule has 0 aliphatic carbocycles. The highest BCUT2D eigenvalue weighted by atomic mass is 16.5. The number of aromatic nitrogens is 1. The van der Waals surface area contributed by atoms with Gasteiger partial charge in [-0.2, -0.15) is 0 Å². The second-order valence-corrected chi connectivity index (χ2v) is 8.59. The Balaban J connectivity index is 1.36. The van der Waals surface area contributed by atoms with Crippen molar-refractivity contribution in [2.24, 2.45) is 0 Å². The van der Waals surface area contributed by atoms with Crippen LogP contribution in [0.25, 0.3) is 5.57 Å².